The van der Waals surface area contributed by atoms with E-state index in [2.05, 4.69) is 5.32 Å². The molecule has 1 amide bonds. The van der Waals surface area contributed by atoms with Crippen molar-refractivity contribution in [1.29, 1.82) is 0 Å². The average Bonchev–Trinajstić information content (AvgIpc) is 3.09. The molecule has 0 bridgehead atoms. The summed E-state index contributed by atoms with van der Waals surface area (Å²) in [7, 11) is 0. The van der Waals surface area contributed by atoms with Crippen molar-refractivity contribution in [3.63, 3.8) is 0 Å². The van der Waals surface area contributed by atoms with Gasteiger partial charge in [-0.1, -0.05) is 35.9 Å². The number of nitrogens with one attached hydrogen (secondary N) is 1. The molecule has 4 nitrogen and oxygen atoms in total. The standard InChI is InChI=1S/C16H13NO3S/c1-9-4-6-10(7-5-9)14(18)12-13(11-3-2-8-21-11)17-16(20)15(12)19/h2-8,13,18H,1H3,(H,17,20)/b14-12-. The number of aliphatic hydroxyl groups excluding tert-OH is 1. The predicted molar refractivity (Wildman–Crippen MR) is 80.9 cm³/mol. The molecular weight excluding hydrogens is 286 g/mol. The Morgan fingerprint density at radius 3 is 2.52 bits per heavy atom. The summed E-state index contributed by atoms with van der Waals surface area (Å²) in [5, 5.41) is 14.9. The SMILES string of the molecule is Cc1ccc(/C(O)=C2/C(=O)C(=O)NC2c2cccs2)cc1. The van der Waals surface area contributed by atoms with Crippen molar-refractivity contribution >= 4 is 28.8 Å². The number of hydrogen-bond acceptors (Lipinski definition) is 4. The minimum absolute atomic E-state index is 0.117. The number of hydrogen-bond donors (Lipinski definition) is 2. The number of aliphatic hydroxyl groups is 1. The second kappa shape index (κ2) is 5.18. The summed E-state index contributed by atoms with van der Waals surface area (Å²) < 4.78 is 0. The fourth-order valence-corrected chi connectivity index (χ4v) is 3.09. The molecule has 2 heterocycles. The molecule has 1 saturated heterocycles. The molecule has 0 aliphatic carbocycles. The summed E-state index contributed by atoms with van der Waals surface area (Å²) >= 11 is 1.43. The lowest BCUT2D eigenvalue weighted by molar-refractivity contribution is -0.133. The molecule has 1 atom stereocenters. The van der Waals surface area contributed by atoms with Crippen molar-refractivity contribution in [2.45, 2.75) is 13.0 Å². The number of thiophene rings is 1. The molecule has 3 rings (SSSR count). The lowest BCUT2D eigenvalue weighted by atomic mass is 10.00. The number of rotatable bonds is 2. The first-order valence-corrected chi connectivity index (χ1v) is 7.34. The van der Waals surface area contributed by atoms with Gasteiger partial charge in [-0.2, -0.15) is 0 Å². The van der Waals surface area contributed by atoms with E-state index in [1.54, 1.807) is 12.1 Å². The summed E-state index contributed by atoms with van der Waals surface area (Å²) in [4.78, 5) is 24.6. The molecule has 2 N–H and O–H groups in total. The van der Waals surface area contributed by atoms with Crippen LogP contribution >= 0.6 is 11.3 Å². The molecule has 0 radical (unpaired) electrons. The minimum atomic E-state index is -0.679. The minimum Gasteiger partial charge on any atom is -0.507 e. The van der Waals surface area contributed by atoms with Crippen LogP contribution in [0.1, 0.15) is 22.0 Å². The number of carbonyl (C=O) groups excluding carboxylic acids is 2. The van der Waals surface area contributed by atoms with Crippen molar-refractivity contribution in [2.24, 2.45) is 0 Å². The highest BCUT2D eigenvalue weighted by Gasteiger charge is 2.39. The maximum absolute atomic E-state index is 12.1. The van der Waals surface area contributed by atoms with Gasteiger partial charge in [0.1, 0.15) is 5.76 Å². The monoisotopic (exact) mass is 299 g/mol. The van der Waals surface area contributed by atoms with Gasteiger partial charge in [-0.15, -0.1) is 11.3 Å². The van der Waals surface area contributed by atoms with Gasteiger partial charge in [-0.3, -0.25) is 9.59 Å². The number of aryl methyl sites for hydroxylation is 1. The molecule has 106 valence electrons. The largest absolute Gasteiger partial charge is 0.507 e. The summed E-state index contributed by atoms with van der Waals surface area (Å²) in [6, 6.07) is 10.3. The Morgan fingerprint density at radius 2 is 1.90 bits per heavy atom. The molecule has 1 aliphatic rings. The number of benzene rings is 1. The second-order valence-electron chi connectivity index (χ2n) is 4.88. The first-order valence-electron chi connectivity index (χ1n) is 6.46. The molecule has 1 fully saturated rings. The van der Waals surface area contributed by atoms with Crippen molar-refractivity contribution < 1.29 is 14.7 Å². The Morgan fingerprint density at radius 1 is 1.19 bits per heavy atom. The fraction of sp³-hybridized carbons (Fsp3) is 0.125. The Hall–Kier alpha value is -2.40. The van der Waals surface area contributed by atoms with Crippen molar-refractivity contribution in [2.75, 3.05) is 0 Å². The van der Waals surface area contributed by atoms with Crippen LogP contribution in [0.25, 0.3) is 5.76 Å². The van der Waals surface area contributed by atoms with E-state index in [0.29, 0.717) is 5.56 Å². The van der Waals surface area contributed by atoms with E-state index in [4.69, 9.17) is 0 Å². The molecule has 1 aromatic carbocycles. The van der Waals surface area contributed by atoms with Crippen LogP contribution in [-0.4, -0.2) is 16.8 Å². The lowest BCUT2D eigenvalue weighted by Gasteiger charge is -2.11. The van der Waals surface area contributed by atoms with Crippen LogP contribution in [0.5, 0.6) is 0 Å². The third-order valence-electron chi connectivity index (χ3n) is 3.42. The number of ketones is 1. The average molecular weight is 299 g/mol. The van der Waals surface area contributed by atoms with Crippen LogP contribution in [-0.2, 0) is 9.59 Å². The Balaban J connectivity index is 2.11. The van der Waals surface area contributed by atoms with E-state index in [-0.39, 0.29) is 11.3 Å². The van der Waals surface area contributed by atoms with Crippen LogP contribution in [0.4, 0.5) is 0 Å². The van der Waals surface area contributed by atoms with Gasteiger partial charge in [0, 0.05) is 10.4 Å². The molecule has 2 aromatic rings. The summed E-state index contributed by atoms with van der Waals surface area (Å²) in [5.41, 5.74) is 1.70. The lowest BCUT2D eigenvalue weighted by Crippen LogP contribution is -2.20. The smallest absolute Gasteiger partial charge is 0.293 e. The zero-order chi connectivity index (χ0) is 15.0. The van der Waals surface area contributed by atoms with E-state index in [0.717, 1.165) is 10.4 Å². The quantitative estimate of drug-likeness (QED) is 0.509. The highest BCUT2D eigenvalue weighted by atomic mass is 32.1. The fourth-order valence-electron chi connectivity index (χ4n) is 2.30. The van der Waals surface area contributed by atoms with Gasteiger partial charge in [-0.05, 0) is 18.4 Å². The van der Waals surface area contributed by atoms with Gasteiger partial charge in [0.15, 0.2) is 0 Å². The topological polar surface area (TPSA) is 66.4 Å². The van der Waals surface area contributed by atoms with Gasteiger partial charge in [0.2, 0.25) is 0 Å². The second-order valence-corrected chi connectivity index (χ2v) is 5.86. The Kier molecular flexibility index (Phi) is 3.35. The van der Waals surface area contributed by atoms with E-state index >= 15 is 0 Å². The van der Waals surface area contributed by atoms with Crippen LogP contribution < -0.4 is 5.32 Å². The maximum atomic E-state index is 12.1. The normalized spacial score (nSPS) is 20.5. The van der Waals surface area contributed by atoms with E-state index < -0.39 is 17.7 Å². The summed E-state index contributed by atoms with van der Waals surface area (Å²) in [6.07, 6.45) is 0. The van der Waals surface area contributed by atoms with Crippen LogP contribution in [0, 0.1) is 6.92 Å². The highest BCUT2D eigenvalue weighted by Crippen LogP contribution is 2.34. The Labute approximate surface area is 125 Å². The molecular formula is C16H13NO3S. The van der Waals surface area contributed by atoms with E-state index in [1.165, 1.54) is 11.3 Å². The van der Waals surface area contributed by atoms with Crippen LogP contribution in [0.2, 0.25) is 0 Å². The van der Waals surface area contributed by atoms with E-state index in [9.17, 15) is 14.7 Å². The highest BCUT2D eigenvalue weighted by molar-refractivity contribution is 7.10. The maximum Gasteiger partial charge on any atom is 0.293 e. The third-order valence-corrected chi connectivity index (χ3v) is 4.36. The zero-order valence-electron chi connectivity index (χ0n) is 11.3. The third kappa shape index (κ3) is 2.36. The van der Waals surface area contributed by atoms with Gasteiger partial charge in [-0.25, -0.2) is 0 Å². The predicted octanol–water partition coefficient (Wildman–Crippen LogP) is 2.77. The molecule has 1 aromatic heterocycles. The first-order chi connectivity index (χ1) is 10.1. The molecule has 1 unspecified atom stereocenters. The van der Waals surface area contributed by atoms with Gasteiger partial charge < -0.3 is 10.4 Å². The molecule has 5 heteroatoms. The van der Waals surface area contributed by atoms with Crippen molar-refractivity contribution in [3.05, 3.63) is 63.4 Å². The van der Waals surface area contributed by atoms with Gasteiger partial charge in [0.25, 0.3) is 11.7 Å². The van der Waals surface area contributed by atoms with Crippen molar-refractivity contribution in [3.8, 4) is 0 Å². The van der Waals surface area contributed by atoms with Crippen molar-refractivity contribution in [1.82, 2.24) is 5.32 Å². The molecule has 0 saturated carbocycles. The molecule has 21 heavy (non-hydrogen) atoms. The molecule has 1 aliphatic heterocycles. The van der Waals surface area contributed by atoms with Gasteiger partial charge >= 0.3 is 0 Å². The summed E-state index contributed by atoms with van der Waals surface area (Å²) in [5.74, 6) is -1.50. The number of Topliss-reactive ketones (excluding diaryl/α,β-unsaturated/α-hetero) is 1. The molecule has 0 spiro atoms. The van der Waals surface area contributed by atoms with Gasteiger partial charge in [0.05, 0.1) is 11.6 Å². The van der Waals surface area contributed by atoms with Crippen LogP contribution in [0.3, 0.4) is 0 Å². The zero-order valence-corrected chi connectivity index (χ0v) is 12.1. The Bertz CT molecular complexity index is 729. The number of amides is 1. The first kappa shape index (κ1) is 13.6. The van der Waals surface area contributed by atoms with E-state index in [1.807, 2.05) is 36.6 Å². The number of carbonyl (C=O) groups is 2. The van der Waals surface area contributed by atoms with Crippen LogP contribution in [0.15, 0.2) is 47.4 Å². The summed E-state index contributed by atoms with van der Waals surface area (Å²) in [6.45, 7) is 1.94.